The lowest BCUT2D eigenvalue weighted by atomic mass is 10.1. The van der Waals surface area contributed by atoms with Gasteiger partial charge in [-0.15, -0.1) is 11.6 Å². The van der Waals surface area contributed by atoms with Crippen LogP contribution in [0.4, 0.5) is 5.69 Å². The maximum absolute atomic E-state index is 10.6. The lowest BCUT2D eigenvalue weighted by molar-refractivity contribution is -0.384. The van der Waals surface area contributed by atoms with Gasteiger partial charge in [0.05, 0.1) is 10.3 Å². The first kappa shape index (κ1) is 13.4. The molecule has 0 fully saturated rings. The van der Waals surface area contributed by atoms with E-state index in [1.165, 1.54) is 12.1 Å². The summed E-state index contributed by atoms with van der Waals surface area (Å²) in [7, 11) is 0. The van der Waals surface area contributed by atoms with Crippen LogP contribution in [-0.4, -0.2) is 16.0 Å². The van der Waals surface area contributed by atoms with E-state index in [1.54, 1.807) is 12.1 Å². The van der Waals surface area contributed by atoms with Gasteiger partial charge < -0.3 is 5.11 Å². The smallest absolute Gasteiger partial charge is 0.303 e. The molecule has 0 aliphatic rings. The quantitative estimate of drug-likeness (QED) is 0.482. The number of halogens is 1. The van der Waals surface area contributed by atoms with Crippen molar-refractivity contribution >= 4 is 23.3 Å². The molecule has 17 heavy (non-hydrogen) atoms. The van der Waals surface area contributed by atoms with Crippen LogP contribution >= 0.6 is 11.6 Å². The van der Waals surface area contributed by atoms with Gasteiger partial charge in [-0.3, -0.25) is 14.9 Å². The second-order valence-electron chi connectivity index (χ2n) is 3.61. The highest BCUT2D eigenvalue weighted by Gasteiger charge is 2.12. The molecule has 1 N–H and O–H groups in total. The van der Waals surface area contributed by atoms with Crippen molar-refractivity contribution in [2.24, 2.45) is 0 Å². The van der Waals surface area contributed by atoms with E-state index in [0.717, 1.165) is 0 Å². The molecule has 0 saturated carbocycles. The second-order valence-corrected chi connectivity index (χ2v) is 4.13. The van der Waals surface area contributed by atoms with E-state index in [1.807, 2.05) is 0 Å². The fourth-order valence-corrected chi connectivity index (χ4v) is 1.72. The number of carboxylic acids is 1. The highest BCUT2D eigenvalue weighted by atomic mass is 35.5. The zero-order chi connectivity index (χ0) is 12.8. The van der Waals surface area contributed by atoms with Crippen LogP contribution in [0.1, 0.15) is 30.2 Å². The molecule has 1 rings (SSSR count). The summed E-state index contributed by atoms with van der Waals surface area (Å²) in [5.74, 6) is -0.868. The van der Waals surface area contributed by atoms with Crippen LogP contribution in [0.25, 0.3) is 0 Å². The van der Waals surface area contributed by atoms with Crippen molar-refractivity contribution in [3.63, 3.8) is 0 Å². The van der Waals surface area contributed by atoms with Gasteiger partial charge in [0.25, 0.3) is 5.69 Å². The molecule has 1 aromatic carbocycles. The Morgan fingerprint density at radius 2 is 2.24 bits per heavy atom. The van der Waals surface area contributed by atoms with Crippen molar-refractivity contribution in [3.8, 4) is 0 Å². The molecule has 0 saturated heterocycles. The molecule has 0 radical (unpaired) electrons. The number of hydrogen-bond acceptors (Lipinski definition) is 3. The average molecular weight is 258 g/mol. The molecule has 0 aromatic heterocycles. The number of hydrogen-bond donors (Lipinski definition) is 1. The van der Waals surface area contributed by atoms with Gasteiger partial charge >= 0.3 is 5.97 Å². The van der Waals surface area contributed by atoms with Crippen molar-refractivity contribution in [2.75, 3.05) is 0 Å². The molecule has 5 nitrogen and oxygen atoms in total. The third-order valence-corrected chi connectivity index (χ3v) is 2.76. The Hall–Kier alpha value is -1.62. The van der Waals surface area contributed by atoms with Crippen molar-refractivity contribution in [1.82, 2.24) is 0 Å². The number of nitro benzene ring substituents is 1. The molecule has 0 heterocycles. The number of non-ortho nitro benzene ring substituents is 1. The molecule has 0 aliphatic carbocycles. The number of nitrogens with zero attached hydrogens (tertiary/aromatic N) is 1. The molecule has 0 aliphatic heterocycles. The SMILES string of the molecule is O=C(O)CCCC(Cl)c1cccc([N+](=O)[O-])c1. The molecule has 1 atom stereocenters. The minimum Gasteiger partial charge on any atom is -0.481 e. The van der Waals surface area contributed by atoms with E-state index in [0.29, 0.717) is 18.4 Å². The number of carboxylic acid groups (broad SMARTS) is 1. The number of aliphatic carboxylic acids is 1. The van der Waals surface area contributed by atoms with Crippen LogP contribution in [0.5, 0.6) is 0 Å². The largest absolute Gasteiger partial charge is 0.481 e. The fraction of sp³-hybridized carbons (Fsp3) is 0.364. The molecular formula is C11H12ClNO4. The molecule has 92 valence electrons. The van der Waals surface area contributed by atoms with Crippen LogP contribution < -0.4 is 0 Å². The van der Waals surface area contributed by atoms with Gasteiger partial charge in [0.2, 0.25) is 0 Å². The predicted octanol–water partition coefficient (Wildman–Crippen LogP) is 3.13. The Labute approximate surface area is 103 Å². The highest BCUT2D eigenvalue weighted by molar-refractivity contribution is 6.20. The number of carbonyl (C=O) groups is 1. The first-order valence-corrected chi connectivity index (χ1v) is 5.54. The van der Waals surface area contributed by atoms with Crippen LogP contribution in [0.3, 0.4) is 0 Å². The molecule has 1 aromatic rings. The van der Waals surface area contributed by atoms with E-state index >= 15 is 0 Å². The summed E-state index contributed by atoms with van der Waals surface area (Å²) in [5.41, 5.74) is 0.637. The van der Waals surface area contributed by atoms with Crippen molar-refractivity contribution in [1.29, 1.82) is 0 Å². The number of alkyl halides is 1. The first-order valence-electron chi connectivity index (χ1n) is 5.11. The molecular weight excluding hydrogens is 246 g/mol. The maximum Gasteiger partial charge on any atom is 0.303 e. The molecule has 1 unspecified atom stereocenters. The number of rotatable bonds is 6. The van der Waals surface area contributed by atoms with E-state index < -0.39 is 16.3 Å². The maximum atomic E-state index is 10.6. The first-order chi connectivity index (χ1) is 8.00. The summed E-state index contributed by atoms with van der Waals surface area (Å²) in [5, 5.41) is 18.7. The van der Waals surface area contributed by atoms with E-state index in [-0.39, 0.29) is 12.1 Å². The molecule has 0 bridgehead atoms. The minimum absolute atomic E-state index is 0.00798. The molecule has 6 heteroatoms. The third kappa shape index (κ3) is 4.40. The van der Waals surface area contributed by atoms with Gasteiger partial charge in [-0.05, 0) is 18.4 Å². The monoisotopic (exact) mass is 257 g/mol. The van der Waals surface area contributed by atoms with Gasteiger partial charge in [0.1, 0.15) is 0 Å². The van der Waals surface area contributed by atoms with E-state index in [2.05, 4.69) is 0 Å². The van der Waals surface area contributed by atoms with Crippen molar-refractivity contribution < 1.29 is 14.8 Å². The van der Waals surface area contributed by atoms with E-state index in [4.69, 9.17) is 16.7 Å². The van der Waals surface area contributed by atoms with Crippen molar-refractivity contribution in [3.05, 3.63) is 39.9 Å². The average Bonchev–Trinajstić information content (AvgIpc) is 2.28. The van der Waals surface area contributed by atoms with Gasteiger partial charge in [0.15, 0.2) is 0 Å². The zero-order valence-electron chi connectivity index (χ0n) is 9.01. The highest BCUT2D eigenvalue weighted by Crippen LogP contribution is 2.28. The van der Waals surface area contributed by atoms with Crippen molar-refractivity contribution in [2.45, 2.75) is 24.6 Å². The number of benzene rings is 1. The Balaban J connectivity index is 2.62. The Morgan fingerprint density at radius 3 is 2.82 bits per heavy atom. The van der Waals surface area contributed by atoms with Crippen LogP contribution in [0, 0.1) is 10.1 Å². The van der Waals surface area contributed by atoms with Gasteiger partial charge in [-0.25, -0.2) is 0 Å². The van der Waals surface area contributed by atoms with Gasteiger partial charge in [-0.1, -0.05) is 12.1 Å². The zero-order valence-corrected chi connectivity index (χ0v) is 9.76. The molecule has 0 spiro atoms. The lowest BCUT2D eigenvalue weighted by Gasteiger charge is -2.08. The summed E-state index contributed by atoms with van der Waals surface area (Å²) in [6, 6.07) is 6.08. The number of nitro groups is 1. The Kier molecular flexibility index (Phi) is 4.90. The third-order valence-electron chi connectivity index (χ3n) is 2.29. The standard InChI is InChI=1S/C11H12ClNO4/c12-10(5-2-6-11(14)15)8-3-1-4-9(7-8)13(16)17/h1,3-4,7,10H,2,5-6H2,(H,14,15). The van der Waals surface area contributed by atoms with Crippen LogP contribution in [-0.2, 0) is 4.79 Å². The predicted molar refractivity (Wildman–Crippen MR) is 63.2 cm³/mol. The van der Waals surface area contributed by atoms with Crippen LogP contribution in [0.15, 0.2) is 24.3 Å². The minimum atomic E-state index is -0.868. The summed E-state index contributed by atoms with van der Waals surface area (Å²) in [6.45, 7) is 0. The van der Waals surface area contributed by atoms with E-state index in [9.17, 15) is 14.9 Å². The molecule has 0 amide bonds. The summed E-state index contributed by atoms with van der Waals surface area (Å²) in [6.07, 6.45) is 0.985. The summed E-state index contributed by atoms with van der Waals surface area (Å²) < 4.78 is 0. The normalized spacial score (nSPS) is 12.1. The Bertz CT molecular complexity index is 422. The summed E-state index contributed by atoms with van der Waals surface area (Å²) >= 11 is 6.05. The lowest BCUT2D eigenvalue weighted by Crippen LogP contribution is -1.97. The van der Waals surface area contributed by atoms with Gasteiger partial charge in [-0.2, -0.15) is 0 Å². The van der Waals surface area contributed by atoms with Gasteiger partial charge in [0, 0.05) is 18.6 Å². The Morgan fingerprint density at radius 1 is 1.53 bits per heavy atom. The fourth-order valence-electron chi connectivity index (χ4n) is 1.43. The summed E-state index contributed by atoms with van der Waals surface area (Å²) in [4.78, 5) is 20.4. The van der Waals surface area contributed by atoms with Crippen LogP contribution in [0.2, 0.25) is 0 Å². The topological polar surface area (TPSA) is 80.4 Å². The second kappa shape index (κ2) is 6.20.